The van der Waals surface area contributed by atoms with E-state index in [9.17, 15) is 34.8 Å². The number of halogens is 6. The molecule has 11 heteroatoms. The lowest BCUT2D eigenvalue weighted by Gasteiger charge is -2.43. The molecule has 0 saturated carbocycles. The van der Waals surface area contributed by atoms with Crippen molar-refractivity contribution in [1.29, 1.82) is 0 Å². The molecule has 1 aromatic rings. The Morgan fingerprint density at radius 3 is 1.96 bits per heavy atom. The average Bonchev–Trinajstić information content (AvgIpc) is 2.71. The van der Waals surface area contributed by atoms with Crippen LogP contribution in [0.15, 0.2) is 28.0 Å². The zero-order chi connectivity index (χ0) is 20.3. The van der Waals surface area contributed by atoms with Crippen LogP contribution in [0, 0.1) is 12.3 Å². The molecule has 0 aliphatic carbocycles. The third kappa shape index (κ3) is 3.24. The first-order valence-corrected chi connectivity index (χ1v) is 10.1. The van der Waals surface area contributed by atoms with Gasteiger partial charge in [0.25, 0.3) is 0 Å². The predicted molar refractivity (Wildman–Crippen MR) is 86.6 cm³/mol. The van der Waals surface area contributed by atoms with Gasteiger partial charge in [0.05, 0.1) is 0 Å². The number of fused-ring (bicyclic) bond motifs is 1. The molecule has 0 radical (unpaired) electrons. The Labute approximate surface area is 148 Å². The SMILES string of the molecule is Cc1ccc2c(c1)C=C(C(C)(C)C)S2(OS(=O)(=O)C(F)(F)F)C(F)(F)F. The van der Waals surface area contributed by atoms with E-state index >= 15 is 0 Å². The number of alkyl halides is 6. The maximum Gasteiger partial charge on any atom is 0.523 e. The molecule has 0 aromatic heterocycles. The van der Waals surface area contributed by atoms with Crippen LogP contribution in [-0.4, -0.2) is 19.4 Å². The van der Waals surface area contributed by atoms with Gasteiger partial charge in [0, 0.05) is 20.1 Å². The highest BCUT2D eigenvalue weighted by atomic mass is 32.3. The first-order valence-electron chi connectivity index (χ1n) is 7.18. The lowest BCUT2D eigenvalue weighted by Crippen LogP contribution is -2.34. The van der Waals surface area contributed by atoms with Crippen molar-refractivity contribution < 1.29 is 38.4 Å². The maximum absolute atomic E-state index is 14.1. The van der Waals surface area contributed by atoms with Gasteiger partial charge in [0.1, 0.15) is 0 Å². The van der Waals surface area contributed by atoms with Gasteiger partial charge in [-0.1, -0.05) is 38.5 Å². The first kappa shape index (κ1) is 21.1. The second-order valence-electron chi connectivity index (χ2n) is 6.77. The topological polar surface area (TPSA) is 43.4 Å². The van der Waals surface area contributed by atoms with E-state index in [1.54, 1.807) is 6.92 Å². The molecule has 0 bridgehead atoms. The van der Waals surface area contributed by atoms with E-state index in [-0.39, 0.29) is 5.56 Å². The van der Waals surface area contributed by atoms with Crippen LogP contribution in [0.25, 0.3) is 6.08 Å². The van der Waals surface area contributed by atoms with Gasteiger partial charge in [0.15, 0.2) is 0 Å². The third-order valence-corrected chi connectivity index (χ3v) is 8.70. The largest absolute Gasteiger partial charge is 0.523 e. The van der Waals surface area contributed by atoms with E-state index in [0.29, 0.717) is 5.56 Å². The first-order chi connectivity index (χ1) is 11.4. The second kappa shape index (κ2) is 5.90. The Morgan fingerprint density at radius 1 is 1.00 bits per heavy atom. The summed E-state index contributed by atoms with van der Waals surface area (Å²) in [5.74, 6) is 0. The van der Waals surface area contributed by atoms with Gasteiger partial charge in [-0.3, -0.25) is 0 Å². The quantitative estimate of drug-likeness (QED) is 0.443. The monoisotopic (exact) mass is 422 g/mol. The fraction of sp³-hybridized carbons (Fsp3) is 0.467. The fourth-order valence-corrected chi connectivity index (χ4v) is 7.45. The molecule has 1 heterocycles. The van der Waals surface area contributed by atoms with Crippen molar-refractivity contribution in [3.8, 4) is 0 Å². The number of rotatable bonds is 2. The van der Waals surface area contributed by atoms with Crippen molar-refractivity contribution >= 4 is 26.5 Å². The molecule has 26 heavy (non-hydrogen) atoms. The smallest absolute Gasteiger partial charge is 0.196 e. The zero-order valence-electron chi connectivity index (χ0n) is 14.1. The summed E-state index contributed by atoms with van der Waals surface area (Å²) in [6.45, 7) is 5.67. The number of hydrogen-bond acceptors (Lipinski definition) is 3. The van der Waals surface area contributed by atoms with Gasteiger partial charge >= 0.3 is 21.1 Å². The molecule has 1 atom stereocenters. The van der Waals surface area contributed by atoms with Crippen LogP contribution in [-0.2, 0) is 13.7 Å². The maximum atomic E-state index is 14.1. The van der Waals surface area contributed by atoms with Gasteiger partial charge in [-0.2, -0.15) is 38.4 Å². The van der Waals surface area contributed by atoms with Gasteiger partial charge in [-0.25, -0.2) is 0 Å². The van der Waals surface area contributed by atoms with Crippen molar-refractivity contribution in [2.24, 2.45) is 5.41 Å². The van der Waals surface area contributed by atoms with E-state index in [1.807, 2.05) is 0 Å². The normalized spacial score (nSPS) is 24.0. The number of allylic oxidation sites excluding steroid dienone is 1. The number of benzene rings is 1. The molecule has 0 N–H and O–H groups in total. The van der Waals surface area contributed by atoms with Crippen LogP contribution in [0.4, 0.5) is 26.3 Å². The lowest BCUT2D eigenvalue weighted by atomic mass is 9.95. The van der Waals surface area contributed by atoms with Crippen LogP contribution in [0.3, 0.4) is 0 Å². The number of aryl methyl sites for hydroxylation is 1. The van der Waals surface area contributed by atoms with Crippen LogP contribution < -0.4 is 0 Å². The molecule has 0 spiro atoms. The summed E-state index contributed by atoms with van der Waals surface area (Å²) < 4.78 is 108. The van der Waals surface area contributed by atoms with Crippen molar-refractivity contribution in [2.45, 2.75) is 43.6 Å². The minimum atomic E-state index is -6.49. The standard InChI is InChI=1S/C15H16F6O3S2/c1-9-5-6-11-10(7-9)8-12(13(2,3)4)25(11,14(16,17)18)24-26(22,23)15(19,20)21/h5-8H,1-4H3. The Kier molecular flexibility index (Phi) is 4.79. The Morgan fingerprint density at radius 2 is 1.54 bits per heavy atom. The summed E-state index contributed by atoms with van der Waals surface area (Å²) in [5, 5.41) is 0. The lowest BCUT2D eigenvalue weighted by molar-refractivity contribution is -0.0548. The highest BCUT2D eigenvalue weighted by Crippen LogP contribution is 2.80. The Balaban J connectivity index is 2.89. The molecule has 2 rings (SSSR count). The van der Waals surface area contributed by atoms with Crippen LogP contribution in [0.2, 0.25) is 0 Å². The summed E-state index contributed by atoms with van der Waals surface area (Å²) in [5.41, 5.74) is -12.1. The van der Waals surface area contributed by atoms with Gasteiger partial charge in [-0.05, 0) is 30.0 Å². The average molecular weight is 422 g/mol. The fourth-order valence-electron chi connectivity index (χ4n) is 2.57. The Bertz CT molecular complexity index is 863. The van der Waals surface area contributed by atoms with Crippen LogP contribution in [0.1, 0.15) is 31.9 Å². The van der Waals surface area contributed by atoms with Crippen molar-refractivity contribution in [3.63, 3.8) is 0 Å². The van der Waals surface area contributed by atoms with E-state index in [2.05, 4.69) is 3.63 Å². The van der Waals surface area contributed by atoms with Crippen molar-refractivity contribution in [1.82, 2.24) is 0 Å². The molecule has 1 aliphatic heterocycles. The summed E-state index contributed by atoms with van der Waals surface area (Å²) in [6, 6.07) is 3.61. The van der Waals surface area contributed by atoms with Crippen molar-refractivity contribution in [3.05, 3.63) is 34.2 Å². The molecule has 0 fully saturated rings. The molecular weight excluding hydrogens is 406 g/mol. The zero-order valence-corrected chi connectivity index (χ0v) is 15.8. The molecule has 148 valence electrons. The Hall–Kier alpha value is -1.20. The van der Waals surface area contributed by atoms with E-state index in [4.69, 9.17) is 0 Å². The molecule has 0 saturated heterocycles. The predicted octanol–water partition coefficient (Wildman–Crippen LogP) is 5.86. The summed E-state index contributed by atoms with van der Waals surface area (Å²) >= 11 is 0. The molecule has 0 amide bonds. The summed E-state index contributed by atoms with van der Waals surface area (Å²) in [7, 11) is -11.4. The van der Waals surface area contributed by atoms with Gasteiger partial charge < -0.3 is 0 Å². The van der Waals surface area contributed by atoms with Gasteiger partial charge in [0.2, 0.25) is 0 Å². The summed E-state index contributed by atoms with van der Waals surface area (Å²) in [6.07, 6.45) is 1.08. The van der Waals surface area contributed by atoms with E-state index in [0.717, 1.165) is 12.1 Å². The molecular formula is C15H16F6O3S2. The molecule has 1 unspecified atom stereocenters. The minimum absolute atomic E-state index is 0.000348. The van der Waals surface area contributed by atoms with E-state index in [1.165, 1.54) is 32.9 Å². The highest BCUT2D eigenvalue weighted by molar-refractivity contribution is 8.37. The molecule has 3 nitrogen and oxygen atoms in total. The molecule has 1 aliphatic rings. The third-order valence-electron chi connectivity index (χ3n) is 3.61. The van der Waals surface area contributed by atoms with Crippen LogP contribution in [0.5, 0.6) is 0 Å². The van der Waals surface area contributed by atoms with E-state index < -0.39 is 46.7 Å². The van der Waals surface area contributed by atoms with Crippen molar-refractivity contribution in [2.75, 3.05) is 0 Å². The minimum Gasteiger partial charge on any atom is -0.196 e. The highest BCUT2D eigenvalue weighted by Gasteiger charge is 2.65. The second-order valence-corrected chi connectivity index (χ2v) is 11.1. The van der Waals surface area contributed by atoms with Crippen LogP contribution >= 0.6 is 10.3 Å². The number of hydrogen-bond donors (Lipinski definition) is 0. The summed E-state index contributed by atoms with van der Waals surface area (Å²) in [4.78, 5) is -1.14. The molecule has 1 aromatic carbocycles. The van der Waals surface area contributed by atoms with Gasteiger partial charge in [-0.15, -0.1) is 0 Å².